The molecule has 6 heteroatoms. The second-order valence-electron chi connectivity index (χ2n) is 1.14. The van der Waals surface area contributed by atoms with E-state index in [1.165, 1.54) is 0 Å². The highest BCUT2D eigenvalue weighted by molar-refractivity contribution is 8.98. The van der Waals surface area contributed by atoms with Crippen LogP contribution >= 0.6 is 28.0 Å². The maximum absolute atomic E-state index is 10.1. The predicted octanol–water partition coefficient (Wildman–Crippen LogP) is 1.65. The Kier molecular flexibility index (Phi) is 4.70. The van der Waals surface area contributed by atoms with Crippen molar-refractivity contribution in [2.45, 2.75) is 0 Å². The number of rotatable bonds is 4. The molecule has 0 aromatic heterocycles. The first-order valence-electron chi connectivity index (χ1n) is 2.04. The number of hydrogen-bond acceptors (Lipinski definition) is 3. The minimum atomic E-state index is -3.86. The second-order valence-corrected chi connectivity index (χ2v) is 6.76. The summed E-state index contributed by atoms with van der Waals surface area (Å²) < 4.78 is 10.1. The van der Waals surface area contributed by atoms with Crippen LogP contribution in [-0.2, 0) is 4.57 Å². The normalized spacial score (nSPS) is 11.3. The van der Waals surface area contributed by atoms with Crippen molar-refractivity contribution in [2.75, 3.05) is 5.75 Å². The van der Waals surface area contributed by atoms with E-state index in [1.54, 1.807) is 6.08 Å². The van der Waals surface area contributed by atoms with Crippen LogP contribution in [0.1, 0.15) is 0 Å². The van der Waals surface area contributed by atoms with Crippen molar-refractivity contribution in [1.29, 1.82) is 0 Å². The zero-order valence-electron chi connectivity index (χ0n) is 4.56. The second kappa shape index (κ2) is 4.41. The summed E-state index contributed by atoms with van der Waals surface area (Å²) in [7, 11) is 1.67. The molecule has 0 aliphatic heterocycles. The van der Waals surface area contributed by atoms with Crippen LogP contribution < -0.4 is 0 Å². The molecule has 0 aromatic rings. The van der Waals surface area contributed by atoms with Crippen molar-refractivity contribution in [1.82, 2.24) is 0 Å². The highest BCUT2D eigenvalue weighted by Gasteiger charge is 2.12. The Morgan fingerprint density at radius 3 is 2.56 bits per heavy atom. The smallest absolute Gasteiger partial charge is 0.316 e. The molecule has 0 aliphatic carbocycles. The third-order valence-corrected chi connectivity index (χ3v) is 5.01. The zero-order valence-corrected chi connectivity index (χ0v) is 7.09. The van der Waals surface area contributed by atoms with E-state index in [1.807, 2.05) is 0 Å². The van der Waals surface area contributed by atoms with E-state index in [-0.39, 0.29) is 0 Å². The summed E-state index contributed by atoms with van der Waals surface area (Å²) in [5, 5.41) is 0. The first kappa shape index (κ1) is 9.59. The Morgan fingerprint density at radius 2 is 2.22 bits per heavy atom. The van der Waals surface area contributed by atoms with E-state index in [0.717, 1.165) is 10.8 Å². The Morgan fingerprint density at radius 1 is 1.67 bits per heavy atom. The fourth-order valence-corrected chi connectivity index (χ4v) is 3.11. The predicted molar refractivity (Wildman–Crippen MR) is 42.3 cm³/mol. The summed E-state index contributed by atoms with van der Waals surface area (Å²) in [6.07, 6.45) is 1.59. The third-order valence-electron chi connectivity index (χ3n) is 0.336. The highest BCUT2D eigenvalue weighted by Crippen LogP contribution is 2.56. The molecule has 0 bridgehead atoms. The maximum atomic E-state index is 10.1. The molecule has 0 unspecified atom stereocenters. The van der Waals surface area contributed by atoms with E-state index in [0.29, 0.717) is 16.2 Å². The van der Waals surface area contributed by atoms with E-state index < -0.39 is 6.80 Å². The number of hydrogen-bond donors (Lipinski definition) is 2. The molecular weight excluding hydrogens is 179 g/mol. The molecule has 0 aliphatic rings. The lowest BCUT2D eigenvalue weighted by atomic mass is 10.8. The maximum Gasteiger partial charge on any atom is 0.394 e. The van der Waals surface area contributed by atoms with Gasteiger partial charge in [-0.05, 0) is 0 Å². The Bertz CT molecular complexity index is 131. The van der Waals surface area contributed by atoms with Crippen molar-refractivity contribution in [3.63, 3.8) is 0 Å². The van der Waals surface area contributed by atoms with Gasteiger partial charge in [-0.3, -0.25) is 0 Å². The van der Waals surface area contributed by atoms with Gasteiger partial charge in [0.2, 0.25) is 0 Å². The van der Waals surface area contributed by atoms with Crippen LogP contribution in [0.5, 0.6) is 0 Å². The fourth-order valence-electron chi connectivity index (χ4n) is 0.147. The minimum Gasteiger partial charge on any atom is -0.316 e. The summed E-state index contributed by atoms with van der Waals surface area (Å²) in [4.78, 5) is 16.5. The summed E-state index contributed by atoms with van der Waals surface area (Å²) in [5.74, 6) is 0.551. The largest absolute Gasteiger partial charge is 0.394 e. The van der Waals surface area contributed by atoms with Gasteiger partial charge in [-0.2, -0.15) is 0 Å². The molecule has 0 heterocycles. The molecular formula is C3H7O3PS2. The van der Waals surface area contributed by atoms with Crippen LogP contribution in [0, 0.1) is 0 Å². The monoisotopic (exact) mass is 186 g/mol. The molecule has 3 nitrogen and oxygen atoms in total. The molecule has 0 aromatic carbocycles. The molecule has 0 amide bonds. The van der Waals surface area contributed by atoms with Gasteiger partial charge >= 0.3 is 6.80 Å². The van der Waals surface area contributed by atoms with Gasteiger partial charge in [0.1, 0.15) is 0 Å². The van der Waals surface area contributed by atoms with Gasteiger partial charge in [-0.1, -0.05) is 16.9 Å². The van der Waals surface area contributed by atoms with E-state index >= 15 is 0 Å². The lowest BCUT2D eigenvalue weighted by Crippen LogP contribution is -1.66. The van der Waals surface area contributed by atoms with Gasteiger partial charge in [0, 0.05) is 16.2 Å². The third kappa shape index (κ3) is 8.59. The quantitative estimate of drug-likeness (QED) is 0.302. The summed E-state index contributed by atoms with van der Waals surface area (Å²) in [6.45, 7) is -0.470. The summed E-state index contributed by atoms with van der Waals surface area (Å²) in [6, 6.07) is 0. The van der Waals surface area contributed by atoms with Crippen LogP contribution in [0.25, 0.3) is 0 Å². The first-order chi connectivity index (χ1) is 4.06. The van der Waals surface area contributed by atoms with Gasteiger partial charge in [-0.25, -0.2) is 4.57 Å². The van der Waals surface area contributed by atoms with E-state index in [9.17, 15) is 4.57 Å². The van der Waals surface area contributed by atoms with Crippen molar-refractivity contribution in [3.8, 4) is 0 Å². The fraction of sp³-hybridized carbons (Fsp3) is 0.333. The van der Waals surface area contributed by atoms with Crippen LogP contribution in [0.2, 0.25) is 0 Å². The Hall–Kier alpha value is 0.590. The molecule has 0 spiro atoms. The zero-order chi connectivity index (χ0) is 7.33. The van der Waals surface area contributed by atoms with Crippen molar-refractivity contribution in [2.24, 2.45) is 0 Å². The molecule has 2 N–H and O–H groups in total. The summed E-state index contributed by atoms with van der Waals surface area (Å²) in [5.41, 5.74) is 0. The van der Waals surface area contributed by atoms with Crippen LogP contribution in [0.15, 0.2) is 12.7 Å². The van der Waals surface area contributed by atoms with Crippen LogP contribution in [0.3, 0.4) is 0 Å². The topological polar surface area (TPSA) is 57.5 Å². The Labute approximate surface area is 61.2 Å². The minimum absolute atomic E-state index is 0.551. The van der Waals surface area contributed by atoms with Gasteiger partial charge in [-0.15, -0.1) is 6.58 Å². The molecule has 54 valence electrons. The van der Waals surface area contributed by atoms with Gasteiger partial charge in [0.05, 0.1) is 0 Å². The standard InChI is InChI=1S/C3H7O3PS2/c1-2-3-8-9-7(4,5)6/h2H,1,3H2,(H2,4,5,6). The highest BCUT2D eigenvalue weighted by atomic mass is 33.3. The molecule has 0 radical (unpaired) electrons. The van der Waals surface area contributed by atoms with Crippen molar-refractivity contribution in [3.05, 3.63) is 12.7 Å². The summed E-state index contributed by atoms with van der Waals surface area (Å²) >= 11 is 0. The van der Waals surface area contributed by atoms with E-state index in [2.05, 4.69) is 6.58 Å². The first-order valence-corrected chi connectivity index (χ1v) is 6.57. The van der Waals surface area contributed by atoms with Gasteiger partial charge in [0.25, 0.3) is 0 Å². The van der Waals surface area contributed by atoms with Crippen molar-refractivity contribution < 1.29 is 14.4 Å². The van der Waals surface area contributed by atoms with E-state index in [4.69, 9.17) is 9.79 Å². The van der Waals surface area contributed by atoms with Gasteiger partial charge in [0.15, 0.2) is 0 Å². The molecule has 0 rings (SSSR count). The van der Waals surface area contributed by atoms with Crippen LogP contribution in [0.4, 0.5) is 0 Å². The Balaban J connectivity index is 3.28. The lowest BCUT2D eigenvalue weighted by molar-refractivity contribution is 0.397. The molecule has 0 saturated carbocycles. The molecule has 0 atom stereocenters. The average Bonchev–Trinajstić information content (AvgIpc) is 1.63. The lowest BCUT2D eigenvalue weighted by Gasteiger charge is -1.97. The van der Waals surface area contributed by atoms with Crippen molar-refractivity contribution >= 4 is 28.0 Å². The molecule has 9 heavy (non-hydrogen) atoms. The molecule has 0 saturated heterocycles. The average molecular weight is 186 g/mol. The van der Waals surface area contributed by atoms with Crippen LogP contribution in [-0.4, -0.2) is 15.5 Å². The van der Waals surface area contributed by atoms with Gasteiger partial charge < -0.3 is 9.79 Å². The SMILES string of the molecule is C=CCSSP(=O)(O)O. The molecule has 0 fully saturated rings.